The highest BCUT2D eigenvalue weighted by molar-refractivity contribution is 6.75. The topological polar surface area (TPSA) is 91.3 Å². The van der Waals surface area contributed by atoms with Gasteiger partial charge in [0.05, 0.1) is 0 Å². The number of rotatable bonds is 14. The lowest BCUT2D eigenvalue weighted by Gasteiger charge is -2.45. The van der Waals surface area contributed by atoms with Crippen LogP contribution >= 0.6 is 0 Å². The maximum atomic E-state index is 14.4. The van der Waals surface area contributed by atoms with Crippen LogP contribution in [0.5, 0.6) is 5.75 Å². The van der Waals surface area contributed by atoms with Gasteiger partial charge in [-0.1, -0.05) is 114 Å². The maximum Gasteiger partial charge on any atom is 0.339 e. The van der Waals surface area contributed by atoms with Crippen molar-refractivity contribution in [2.24, 2.45) is 11.8 Å². The minimum absolute atomic E-state index is 0.0168. The van der Waals surface area contributed by atoms with Gasteiger partial charge in [0.25, 0.3) is 0 Å². The summed E-state index contributed by atoms with van der Waals surface area (Å²) in [6, 6.07) is 26.5. The molecule has 3 aromatic rings. The van der Waals surface area contributed by atoms with Gasteiger partial charge in [0.1, 0.15) is 24.9 Å². The quantitative estimate of drug-likeness (QED) is 0.130. The van der Waals surface area contributed by atoms with Gasteiger partial charge in [-0.25, -0.2) is 4.79 Å². The third-order valence-electron chi connectivity index (χ3n) is 11.7. The number of ether oxygens (including phenoxy) is 2. The molecule has 0 aromatic heterocycles. The fourth-order valence-electron chi connectivity index (χ4n) is 6.27. The highest BCUT2D eigenvalue weighted by Crippen LogP contribution is 2.44. The Bertz CT molecular complexity index is 1590. The van der Waals surface area contributed by atoms with Crippen molar-refractivity contribution in [2.75, 3.05) is 0 Å². The largest absolute Gasteiger partial charge is 0.544 e. The van der Waals surface area contributed by atoms with Crippen molar-refractivity contribution in [3.8, 4) is 5.75 Å². The van der Waals surface area contributed by atoms with Crippen LogP contribution in [0.1, 0.15) is 83.9 Å². The van der Waals surface area contributed by atoms with Crippen LogP contribution < -0.4 is 4.43 Å². The standard InChI is InChI=1S/C43H62O7Si2/c1-41(2,3)51(7,8)49-36-25-21-32(22-26-36)29-38(39(44)47-30-33-17-13-11-14-18-33)43(46,40(45)48-31-34-19-15-12-16-20-34)35-23-27-37(28-24-35)50-52(9,10)42(4,5)6/h11-22,25-26,35,37-38,46H,23-24,27-31H2,1-10H3/t35-,37+,38?,43?. The molecule has 9 heteroatoms. The van der Waals surface area contributed by atoms with Crippen LogP contribution in [0.3, 0.4) is 0 Å². The van der Waals surface area contributed by atoms with Crippen LogP contribution in [0.4, 0.5) is 0 Å². The van der Waals surface area contributed by atoms with Crippen molar-refractivity contribution < 1.29 is 33.0 Å². The van der Waals surface area contributed by atoms with E-state index in [1.807, 2.05) is 84.9 Å². The van der Waals surface area contributed by atoms with Gasteiger partial charge < -0.3 is 23.4 Å². The Morgan fingerprint density at radius 1 is 0.673 bits per heavy atom. The van der Waals surface area contributed by atoms with Crippen LogP contribution in [0.15, 0.2) is 84.9 Å². The number of carbonyl (C=O) groups is 2. The molecule has 52 heavy (non-hydrogen) atoms. The number of hydrogen-bond donors (Lipinski definition) is 1. The Morgan fingerprint density at radius 2 is 1.15 bits per heavy atom. The molecule has 0 bridgehead atoms. The molecule has 0 heterocycles. The molecule has 1 aliphatic rings. The minimum Gasteiger partial charge on any atom is -0.544 e. The molecule has 2 unspecified atom stereocenters. The van der Waals surface area contributed by atoms with Gasteiger partial charge in [-0.2, -0.15) is 0 Å². The molecule has 0 aliphatic heterocycles. The average molecular weight is 747 g/mol. The second-order valence-electron chi connectivity index (χ2n) is 17.6. The summed E-state index contributed by atoms with van der Waals surface area (Å²) in [6.07, 6.45) is 2.49. The van der Waals surface area contributed by atoms with Gasteiger partial charge in [-0.3, -0.25) is 4.79 Å². The summed E-state index contributed by atoms with van der Waals surface area (Å²) in [7, 11) is -4.11. The predicted octanol–water partition coefficient (Wildman–Crippen LogP) is 10.0. The molecule has 1 N–H and O–H groups in total. The number of hydrogen-bond acceptors (Lipinski definition) is 7. The number of aliphatic hydroxyl groups is 1. The molecule has 7 nitrogen and oxygen atoms in total. The first-order valence-electron chi connectivity index (χ1n) is 18.8. The fourth-order valence-corrected chi connectivity index (χ4v) is 8.73. The summed E-state index contributed by atoms with van der Waals surface area (Å²) < 4.78 is 25.1. The third-order valence-corrected chi connectivity index (χ3v) is 20.6. The predicted molar refractivity (Wildman–Crippen MR) is 213 cm³/mol. The zero-order valence-electron chi connectivity index (χ0n) is 33.2. The van der Waals surface area contributed by atoms with Crippen molar-refractivity contribution in [2.45, 2.75) is 135 Å². The van der Waals surface area contributed by atoms with Crippen molar-refractivity contribution >= 4 is 28.6 Å². The van der Waals surface area contributed by atoms with Crippen molar-refractivity contribution in [1.29, 1.82) is 0 Å². The molecule has 0 amide bonds. The first kappa shape index (κ1) is 41.5. The molecule has 1 fully saturated rings. The second-order valence-corrected chi connectivity index (χ2v) is 27.1. The molecular weight excluding hydrogens is 685 g/mol. The zero-order valence-corrected chi connectivity index (χ0v) is 35.2. The van der Waals surface area contributed by atoms with Crippen LogP contribution in [-0.2, 0) is 43.1 Å². The Labute approximate surface area is 314 Å². The first-order valence-corrected chi connectivity index (χ1v) is 24.6. The van der Waals surface area contributed by atoms with E-state index in [1.54, 1.807) is 0 Å². The Balaban J connectivity index is 1.67. The van der Waals surface area contributed by atoms with Crippen LogP contribution in [0.25, 0.3) is 0 Å². The fraction of sp³-hybridized carbons (Fsp3) is 0.535. The van der Waals surface area contributed by atoms with E-state index in [9.17, 15) is 14.7 Å². The van der Waals surface area contributed by atoms with Gasteiger partial charge in [-0.15, -0.1) is 0 Å². The van der Waals surface area contributed by atoms with E-state index in [4.69, 9.17) is 18.3 Å². The summed E-state index contributed by atoms with van der Waals surface area (Å²) in [5.41, 5.74) is 0.264. The molecule has 1 saturated carbocycles. The smallest absolute Gasteiger partial charge is 0.339 e. The Kier molecular flexibility index (Phi) is 13.4. The van der Waals surface area contributed by atoms with Gasteiger partial charge in [-0.05, 0) is 103 Å². The lowest BCUT2D eigenvalue weighted by atomic mass is 9.68. The lowest BCUT2D eigenvalue weighted by molar-refractivity contribution is -0.194. The highest BCUT2D eigenvalue weighted by Gasteiger charge is 2.56. The molecule has 4 rings (SSSR count). The number of benzene rings is 3. The van der Waals surface area contributed by atoms with Crippen molar-refractivity contribution in [3.63, 3.8) is 0 Å². The Hall–Kier alpha value is -3.25. The van der Waals surface area contributed by atoms with E-state index >= 15 is 0 Å². The number of esters is 2. The van der Waals surface area contributed by atoms with E-state index in [1.165, 1.54) is 0 Å². The van der Waals surface area contributed by atoms with Gasteiger partial charge in [0.15, 0.2) is 13.9 Å². The molecule has 284 valence electrons. The van der Waals surface area contributed by atoms with Gasteiger partial charge >= 0.3 is 11.9 Å². The molecule has 0 spiro atoms. The second kappa shape index (κ2) is 16.8. The van der Waals surface area contributed by atoms with E-state index in [-0.39, 0.29) is 35.8 Å². The van der Waals surface area contributed by atoms with Crippen LogP contribution in [0, 0.1) is 11.8 Å². The number of carbonyl (C=O) groups excluding carboxylic acids is 2. The summed E-state index contributed by atoms with van der Waals surface area (Å²) in [5, 5.41) is 13.0. The van der Waals surface area contributed by atoms with Crippen molar-refractivity contribution in [3.05, 3.63) is 102 Å². The molecule has 3 aromatic carbocycles. The summed E-state index contributed by atoms with van der Waals surface area (Å²) in [4.78, 5) is 28.7. The summed E-state index contributed by atoms with van der Waals surface area (Å²) >= 11 is 0. The monoisotopic (exact) mass is 746 g/mol. The van der Waals surface area contributed by atoms with E-state index in [0.717, 1.165) is 22.4 Å². The summed E-state index contributed by atoms with van der Waals surface area (Å²) in [6.45, 7) is 22.2. The highest BCUT2D eigenvalue weighted by atomic mass is 28.4. The van der Waals surface area contributed by atoms with E-state index < -0.39 is 46.0 Å². The first-order chi connectivity index (χ1) is 24.2. The third kappa shape index (κ3) is 10.5. The maximum absolute atomic E-state index is 14.4. The lowest BCUT2D eigenvalue weighted by Crippen LogP contribution is -2.57. The molecule has 1 aliphatic carbocycles. The van der Waals surface area contributed by atoms with Gasteiger partial charge in [0, 0.05) is 6.10 Å². The zero-order chi connectivity index (χ0) is 38.4. The van der Waals surface area contributed by atoms with Gasteiger partial charge in [0.2, 0.25) is 8.32 Å². The molecule has 0 radical (unpaired) electrons. The average Bonchev–Trinajstić information content (AvgIpc) is 3.09. The molecule has 0 saturated heterocycles. The van der Waals surface area contributed by atoms with Crippen molar-refractivity contribution in [1.82, 2.24) is 0 Å². The minimum atomic E-state index is -2.14. The Morgan fingerprint density at radius 3 is 1.63 bits per heavy atom. The molecule has 2 atom stereocenters. The van der Waals surface area contributed by atoms with Crippen LogP contribution in [-0.4, -0.2) is 45.4 Å². The van der Waals surface area contributed by atoms with E-state index in [0.29, 0.717) is 25.7 Å². The van der Waals surface area contributed by atoms with E-state index in [2.05, 4.69) is 67.7 Å². The normalized spacial score (nSPS) is 18.9. The molecular formula is C43H62O7Si2. The SMILES string of the molecule is CC(C)(C)[Si](C)(C)Oc1ccc(CC(C(=O)OCc2ccccc2)C(O)(C(=O)OCc2ccccc2)[C@H]2CC[C@@H](O[Si](C)(C)C(C)(C)C)CC2)cc1. The van der Waals surface area contributed by atoms with Crippen LogP contribution in [0.2, 0.25) is 36.3 Å². The summed E-state index contributed by atoms with van der Waals surface area (Å²) in [5.74, 6) is -2.43.